The van der Waals surface area contributed by atoms with E-state index in [2.05, 4.69) is 10.3 Å². The maximum Gasteiger partial charge on any atom is 0.240 e. The second-order valence-corrected chi connectivity index (χ2v) is 11.3. The smallest absolute Gasteiger partial charge is 0.240 e. The van der Waals surface area contributed by atoms with Crippen LogP contribution in [0.25, 0.3) is 16.9 Å². The van der Waals surface area contributed by atoms with Gasteiger partial charge in [0.25, 0.3) is 0 Å². The topological polar surface area (TPSA) is 89.3 Å². The monoisotopic (exact) mass is 589 g/mol. The highest BCUT2D eigenvalue weighted by Crippen LogP contribution is 2.50. The number of ether oxygens (including phenoxy) is 1. The van der Waals surface area contributed by atoms with Crippen molar-refractivity contribution in [3.8, 4) is 22.7 Å². The number of fused-ring (bicyclic) bond motifs is 1. The second kappa shape index (κ2) is 12.5. The molecular formula is C34H31N5O3S. The van der Waals surface area contributed by atoms with Crippen molar-refractivity contribution >= 4 is 29.4 Å². The number of carbonyl (C=O) groups excluding carboxylic acids is 2. The van der Waals surface area contributed by atoms with Crippen LogP contribution in [0.3, 0.4) is 0 Å². The number of pyridine rings is 1. The van der Waals surface area contributed by atoms with Crippen molar-refractivity contribution in [1.29, 1.82) is 0 Å². The number of nitrogens with one attached hydrogen (secondary N) is 1. The van der Waals surface area contributed by atoms with Crippen LogP contribution in [0.2, 0.25) is 0 Å². The van der Waals surface area contributed by atoms with Crippen molar-refractivity contribution in [2.45, 2.75) is 18.7 Å². The predicted octanol–water partition coefficient (Wildman–Crippen LogP) is 5.74. The zero-order valence-corrected chi connectivity index (χ0v) is 24.8. The molecule has 0 aliphatic carbocycles. The van der Waals surface area contributed by atoms with Crippen LogP contribution < -0.4 is 15.0 Å². The van der Waals surface area contributed by atoms with Crippen LogP contribution in [0.1, 0.15) is 27.6 Å². The van der Waals surface area contributed by atoms with Crippen LogP contribution in [0, 0.1) is 6.92 Å². The lowest BCUT2D eigenvalue weighted by atomic mass is 9.99. The molecule has 0 saturated heterocycles. The molecule has 0 unspecified atom stereocenters. The highest BCUT2D eigenvalue weighted by Gasteiger charge is 2.38. The average molecular weight is 590 g/mol. The SMILES string of the molecule is COc1ccccc1[C@H]1SCC(=O)N(CC(=O)NCc2ccccn2)c2c1c(-c1ccccc1)nn2-c1ccccc1C. The van der Waals surface area contributed by atoms with Crippen molar-refractivity contribution in [2.75, 3.05) is 24.3 Å². The maximum absolute atomic E-state index is 14.0. The van der Waals surface area contributed by atoms with E-state index in [1.807, 2.05) is 109 Å². The second-order valence-electron chi connectivity index (χ2n) is 10.2. The van der Waals surface area contributed by atoms with Crippen LogP contribution in [0.5, 0.6) is 5.75 Å². The fraction of sp³-hybridized carbons (Fsp3) is 0.176. The normalized spacial score (nSPS) is 14.6. The lowest BCUT2D eigenvalue weighted by molar-refractivity contribution is -0.123. The number of hydrogen-bond acceptors (Lipinski definition) is 6. The number of para-hydroxylation sites is 2. The van der Waals surface area contributed by atoms with Crippen LogP contribution in [-0.4, -0.2) is 46.0 Å². The Morgan fingerprint density at radius 2 is 1.72 bits per heavy atom. The predicted molar refractivity (Wildman–Crippen MR) is 169 cm³/mol. The molecule has 1 atom stereocenters. The quantitative estimate of drug-likeness (QED) is 0.249. The summed E-state index contributed by atoms with van der Waals surface area (Å²) in [6.07, 6.45) is 1.69. The molecule has 6 rings (SSSR count). The fourth-order valence-corrected chi connectivity index (χ4v) is 6.54. The van der Waals surface area contributed by atoms with Gasteiger partial charge in [0, 0.05) is 22.9 Å². The van der Waals surface area contributed by atoms with Gasteiger partial charge in [-0.25, -0.2) is 4.68 Å². The van der Waals surface area contributed by atoms with Crippen LogP contribution in [0.4, 0.5) is 5.82 Å². The third-order valence-electron chi connectivity index (χ3n) is 7.40. The fourth-order valence-electron chi connectivity index (χ4n) is 5.32. The molecule has 1 aliphatic heterocycles. The number of benzene rings is 3. The molecule has 0 saturated carbocycles. The van der Waals surface area contributed by atoms with E-state index in [4.69, 9.17) is 9.84 Å². The third-order valence-corrected chi connectivity index (χ3v) is 8.63. The van der Waals surface area contributed by atoms with E-state index >= 15 is 0 Å². The van der Waals surface area contributed by atoms with Gasteiger partial charge >= 0.3 is 0 Å². The van der Waals surface area contributed by atoms with Gasteiger partial charge in [0.05, 0.1) is 41.7 Å². The number of aromatic nitrogens is 3. The standard InChI is InChI=1S/C34H31N5O3S/c1-23-12-6-8-17-27(23)39-34-31(32(37-39)24-13-4-3-5-14-24)33(26-16-7-9-18-28(26)42-2)43-22-30(41)38(34)21-29(40)36-20-25-15-10-11-19-35-25/h3-19,33H,20-22H2,1-2H3,(H,36,40)/t33-/m1/s1. The van der Waals surface area contributed by atoms with E-state index in [1.165, 1.54) is 11.8 Å². The zero-order chi connectivity index (χ0) is 29.8. The minimum atomic E-state index is -0.288. The Balaban J connectivity index is 1.55. The van der Waals surface area contributed by atoms with E-state index in [0.717, 1.165) is 45.1 Å². The summed E-state index contributed by atoms with van der Waals surface area (Å²) in [4.78, 5) is 33.3. The number of methoxy groups -OCH3 is 1. The van der Waals surface area contributed by atoms with Crippen LogP contribution in [0.15, 0.2) is 103 Å². The summed E-state index contributed by atoms with van der Waals surface area (Å²) in [5.41, 5.74) is 6.01. The molecule has 0 fully saturated rings. The summed E-state index contributed by atoms with van der Waals surface area (Å²) in [5, 5.41) is 7.83. The van der Waals surface area contributed by atoms with Crippen LogP contribution >= 0.6 is 11.8 Å². The summed E-state index contributed by atoms with van der Waals surface area (Å²) < 4.78 is 7.62. The first-order valence-corrected chi connectivity index (χ1v) is 15.1. The molecule has 0 radical (unpaired) electrons. The molecule has 0 bridgehead atoms. The summed E-state index contributed by atoms with van der Waals surface area (Å²) in [6, 6.07) is 31.3. The number of anilines is 1. The highest BCUT2D eigenvalue weighted by atomic mass is 32.2. The van der Waals surface area contributed by atoms with Gasteiger partial charge in [-0.05, 0) is 36.8 Å². The molecule has 1 N–H and O–H groups in total. The van der Waals surface area contributed by atoms with E-state index < -0.39 is 0 Å². The van der Waals surface area contributed by atoms with Gasteiger partial charge in [0.2, 0.25) is 11.8 Å². The number of carbonyl (C=O) groups is 2. The Labute approximate surface area is 254 Å². The molecule has 2 aromatic heterocycles. The molecule has 0 spiro atoms. The number of thioether (sulfide) groups is 1. The third kappa shape index (κ3) is 5.76. The molecule has 216 valence electrons. The van der Waals surface area contributed by atoms with E-state index in [9.17, 15) is 9.59 Å². The van der Waals surface area contributed by atoms with Crippen molar-refractivity contribution < 1.29 is 14.3 Å². The molecule has 3 heterocycles. The Hall–Kier alpha value is -4.89. The van der Waals surface area contributed by atoms with Crippen molar-refractivity contribution in [3.63, 3.8) is 0 Å². The first-order valence-electron chi connectivity index (χ1n) is 14.0. The van der Waals surface area contributed by atoms with Gasteiger partial charge in [-0.3, -0.25) is 19.5 Å². The molecule has 3 aromatic carbocycles. The van der Waals surface area contributed by atoms with Crippen molar-refractivity contribution in [2.24, 2.45) is 0 Å². The summed E-state index contributed by atoms with van der Waals surface area (Å²) >= 11 is 1.51. The Kier molecular flexibility index (Phi) is 8.24. The first kappa shape index (κ1) is 28.2. The number of amides is 2. The van der Waals surface area contributed by atoms with Crippen molar-refractivity contribution in [3.05, 3.63) is 126 Å². The number of hydrogen-bond donors (Lipinski definition) is 1. The van der Waals surface area contributed by atoms with E-state index in [1.54, 1.807) is 18.2 Å². The Morgan fingerprint density at radius 1 is 0.977 bits per heavy atom. The lowest BCUT2D eigenvalue weighted by Crippen LogP contribution is -2.42. The Bertz CT molecular complexity index is 1760. The average Bonchev–Trinajstić information content (AvgIpc) is 3.37. The molecule has 2 amide bonds. The molecule has 9 heteroatoms. The van der Waals surface area contributed by atoms with Gasteiger partial charge < -0.3 is 10.1 Å². The van der Waals surface area contributed by atoms with Crippen molar-refractivity contribution in [1.82, 2.24) is 20.1 Å². The minimum absolute atomic E-state index is 0.163. The summed E-state index contributed by atoms with van der Waals surface area (Å²) in [5.74, 6) is 1.01. The molecule has 1 aliphatic rings. The van der Waals surface area contributed by atoms with Gasteiger partial charge in [-0.15, -0.1) is 11.8 Å². The molecule has 5 aromatic rings. The summed E-state index contributed by atoms with van der Waals surface area (Å²) in [7, 11) is 1.65. The Morgan fingerprint density at radius 3 is 2.49 bits per heavy atom. The van der Waals surface area contributed by atoms with Gasteiger partial charge in [0.1, 0.15) is 18.1 Å². The van der Waals surface area contributed by atoms with Gasteiger partial charge in [0.15, 0.2) is 0 Å². The van der Waals surface area contributed by atoms with Crippen LogP contribution in [-0.2, 0) is 16.1 Å². The maximum atomic E-state index is 14.0. The molecule has 43 heavy (non-hydrogen) atoms. The number of nitrogens with zero attached hydrogens (tertiary/aromatic N) is 4. The largest absolute Gasteiger partial charge is 0.496 e. The zero-order valence-electron chi connectivity index (χ0n) is 23.9. The number of aryl methyl sites for hydroxylation is 1. The number of rotatable bonds is 8. The lowest BCUT2D eigenvalue weighted by Gasteiger charge is -2.24. The molecular weight excluding hydrogens is 558 g/mol. The highest BCUT2D eigenvalue weighted by molar-refractivity contribution is 8.00. The van der Waals surface area contributed by atoms with Gasteiger partial charge in [-0.1, -0.05) is 72.8 Å². The van der Waals surface area contributed by atoms with E-state index in [0.29, 0.717) is 5.82 Å². The minimum Gasteiger partial charge on any atom is -0.496 e. The van der Waals surface area contributed by atoms with E-state index in [-0.39, 0.29) is 35.9 Å². The van der Waals surface area contributed by atoms with Gasteiger partial charge in [-0.2, -0.15) is 5.10 Å². The summed E-state index contributed by atoms with van der Waals surface area (Å²) in [6.45, 7) is 2.11. The molecule has 8 nitrogen and oxygen atoms in total. The first-order chi connectivity index (χ1) is 21.0.